The van der Waals surface area contributed by atoms with Crippen LogP contribution in [-0.2, 0) is 6.54 Å². The third kappa shape index (κ3) is 5.55. The van der Waals surface area contributed by atoms with Gasteiger partial charge in [0.05, 0.1) is 0 Å². The molecule has 0 unspecified atom stereocenters. The van der Waals surface area contributed by atoms with Crippen LogP contribution in [-0.4, -0.2) is 60.6 Å². The Bertz CT molecular complexity index is 449. The standard InChI is InChI=1S/C15H22FN3OS/c1-18(12-13-2-4-14(16)5-3-13)7-6-17-15(20)19-8-10-21-11-9-19/h2-5H,6-12H2,1H3,(H,17,20). The van der Waals surface area contributed by atoms with Crippen molar-refractivity contribution in [1.29, 1.82) is 0 Å². The lowest BCUT2D eigenvalue weighted by molar-refractivity contribution is 0.201. The summed E-state index contributed by atoms with van der Waals surface area (Å²) in [7, 11) is 1.99. The number of thioether (sulfide) groups is 1. The van der Waals surface area contributed by atoms with Crippen molar-refractivity contribution in [2.24, 2.45) is 0 Å². The number of nitrogens with one attached hydrogen (secondary N) is 1. The average molecular weight is 311 g/mol. The number of hydrogen-bond acceptors (Lipinski definition) is 3. The van der Waals surface area contributed by atoms with Crippen molar-refractivity contribution in [3.63, 3.8) is 0 Å². The zero-order chi connectivity index (χ0) is 15.1. The van der Waals surface area contributed by atoms with E-state index in [1.807, 2.05) is 23.7 Å². The van der Waals surface area contributed by atoms with Crippen LogP contribution >= 0.6 is 11.8 Å². The Morgan fingerprint density at radius 1 is 1.33 bits per heavy atom. The van der Waals surface area contributed by atoms with Gasteiger partial charge in [-0.25, -0.2) is 9.18 Å². The number of carbonyl (C=O) groups is 1. The lowest BCUT2D eigenvalue weighted by Gasteiger charge is -2.27. The first-order chi connectivity index (χ1) is 10.1. The number of amides is 2. The SMILES string of the molecule is CN(CCNC(=O)N1CCSCC1)Cc1ccc(F)cc1. The molecule has 0 aliphatic carbocycles. The second-order valence-corrected chi connectivity index (χ2v) is 6.42. The minimum Gasteiger partial charge on any atom is -0.337 e. The number of benzene rings is 1. The average Bonchev–Trinajstić information content (AvgIpc) is 2.50. The van der Waals surface area contributed by atoms with Crippen molar-refractivity contribution in [2.45, 2.75) is 6.54 Å². The monoisotopic (exact) mass is 311 g/mol. The van der Waals surface area contributed by atoms with E-state index in [1.54, 1.807) is 12.1 Å². The number of carbonyl (C=O) groups excluding carboxylic acids is 1. The fourth-order valence-electron chi connectivity index (χ4n) is 2.21. The molecule has 1 aliphatic rings. The Morgan fingerprint density at radius 3 is 2.67 bits per heavy atom. The molecule has 1 N–H and O–H groups in total. The molecule has 1 fully saturated rings. The predicted molar refractivity (Wildman–Crippen MR) is 85.0 cm³/mol. The van der Waals surface area contributed by atoms with Crippen LogP contribution < -0.4 is 5.32 Å². The molecule has 116 valence electrons. The normalized spacial score (nSPS) is 15.3. The van der Waals surface area contributed by atoms with Crippen molar-refractivity contribution in [3.05, 3.63) is 35.6 Å². The van der Waals surface area contributed by atoms with Gasteiger partial charge in [-0.15, -0.1) is 0 Å². The maximum Gasteiger partial charge on any atom is 0.317 e. The van der Waals surface area contributed by atoms with Crippen LogP contribution in [0.3, 0.4) is 0 Å². The lowest BCUT2D eigenvalue weighted by Crippen LogP contribution is -2.46. The molecule has 2 rings (SSSR count). The number of urea groups is 1. The fraction of sp³-hybridized carbons (Fsp3) is 0.533. The van der Waals surface area contributed by atoms with Crippen molar-refractivity contribution < 1.29 is 9.18 Å². The van der Waals surface area contributed by atoms with E-state index in [0.717, 1.165) is 43.2 Å². The van der Waals surface area contributed by atoms with Gasteiger partial charge in [0.15, 0.2) is 0 Å². The van der Waals surface area contributed by atoms with Gasteiger partial charge < -0.3 is 15.1 Å². The third-order valence-corrected chi connectivity index (χ3v) is 4.38. The van der Waals surface area contributed by atoms with Gasteiger partial charge in [0.25, 0.3) is 0 Å². The molecule has 21 heavy (non-hydrogen) atoms. The number of halogens is 1. The molecule has 0 atom stereocenters. The zero-order valence-electron chi connectivity index (χ0n) is 12.3. The van der Waals surface area contributed by atoms with Crippen LogP contribution in [0, 0.1) is 5.82 Å². The quantitative estimate of drug-likeness (QED) is 0.903. The van der Waals surface area contributed by atoms with E-state index >= 15 is 0 Å². The van der Waals surface area contributed by atoms with Gasteiger partial charge in [-0.05, 0) is 24.7 Å². The Kier molecular flexibility index (Phi) is 6.32. The van der Waals surface area contributed by atoms with Gasteiger partial charge in [0.1, 0.15) is 5.82 Å². The second-order valence-electron chi connectivity index (χ2n) is 5.20. The van der Waals surface area contributed by atoms with E-state index in [9.17, 15) is 9.18 Å². The van der Waals surface area contributed by atoms with Crippen LogP contribution in [0.5, 0.6) is 0 Å². The van der Waals surface area contributed by atoms with Gasteiger partial charge in [-0.1, -0.05) is 12.1 Å². The molecule has 0 spiro atoms. The molecule has 0 saturated carbocycles. The van der Waals surface area contributed by atoms with Crippen LogP contribution in [0.15, 0.2) is 24.3 Å². The highest BCUT2D eigenvalue weighted by Crippen LogP contribution is 2.09. The summed E-state index contributed by atoms with van der Waals surface area (Å²) >= 11 is 1.89. The molecule has 6 heteroatoms. The molecule has 0 radical (unpaired) electrons. The highest BCUT2D eigenvalue weighted by molar-refractivity contribution is 7.99. The van der Waals surface area contributed by atoms with Crippen LogP contribution in [0.4, 0.5) is 9.18 Å². The first kappa shape index (κ1) is 16.1. The lowest BCUT2D eigenvalue weighted by atomic mass is 10.2. The molecule has 0 aromatic heterocycles. The number of nitrogens with zero attached hydrogens (tertiary/aromatic N) is 2. The maximum absolute atomic E-state index is 12.8. The van der Waals surface area contributed by atoms with E-state index in [1.165, 1.54) is 12.1 Å². The summed E-state index contributed by atoms with van der Waals surface area (Å²) in [5.41, 5.74) is 1.07. The van der Waals surface area contributed by atoms with Crippen LogP contribution in [0.25, 0.3) is 0 Å². The Hall–Kier alpha value is -1.27. The molecule has 1 saturated heterocycles. The van der Waals surface area contributed by atoms with Crippen molar-refractivity contribution in [3.8, 4) is 0 Å². The predicted octanol–water partition coefficient (Wildman–Crippen LogP) is 2.02. The largest absolute Gasteiger partial charge is 0.337 e. The summed E-state index contributed by atoms with van der Waals surface area (Å²) in [6, 6.07) is 6.55. The summed E-state index contributed by atoms with van der Waals surface area (Å²) in [6.07, 6.45) is 0. The number of hydrogen-bond donors (Lipinski definition) is 1. The topological polar surface area (TPSA) is 35.6 Å². The summed E-state index contributed by atoms with van der Waals surface area (Å²) < 4.78 is 12.8. The van der Waals surface area contributed by atoms with Crippen LogP contribution in [0.1, 0.15) is 5.56 Å². The Morgan fingerprint density at radius 2 is 2.00 bits per heavy atom. The van der Waals surface area contributed by atoms with Gasteiger partial charge in [0, 0.05) is 44.2 Å². The highest BCUT2D eigenvalue weighted by Gasteiger charge is 2.15. The second kappa shape index (κ2) is 8.24. The van der Waals surface area contributed by atoms with Gasteiger partial charge in [-0.2, -0.15) is 11.8 Å². The molecule has 1 heterocycles. The Labute approximate surface area is 129 Å². The smallest absolute Gasteiger partial charge is 0.317 e. The van der Waals surface area contributed by atoms with Crippen molar-refractivity contribution in [2.75, 3.05) is 44.7 Å². The highest BCUT2D eigenvalue weighted by atomic mass is 32.2. The summed E-state index contributed by atoms with van der Waals surface area (Å²) in [4.78, 5) is 15.9. The summed E-state index contributed by atoms with van der Waals surface area (Å²) in [5, 5.41) is 2.95. The molecule has 4 nitrogen and oxygen atoms in total. The van der Waals surface area contributed by atoms with E-state index in [2.05, 4.69) is 10.2 Å². The minimum absolute atomic E-state index is 0.0329. The zero-order valence-corrected chi connectivity index (χ0v) is 13.2. The molecule has 1 aromatic carbocycles. The molecule has 1 aliphatic heterocycles. The first-order valence-corrected chi connectivity index (χ1v) is 8.34. The number of likely N-dealkylation sites (N-methyl/N-ethyl adjacent to an activating group) is 1. The summed E-state index contributed by atoms with van der Waals surface area (Å²) in [6.45, 7) is 3.81. The van der Waals surface area contributed by atoms with E-state index in [-0.39, 0.29) is 11.8 Å². The van der Waals surface area contributed by atoms with E-state index < -0.39 is 0 Å². The molecular weight excluding hydrogens is 289 g/mol. The summed E-state index contributed by atoms with van der Waals surface area (Å²) in [5.74, 6) is 1.84. The van der Waals surface area contributed by atoms with Gasteiger partial charge >= 0.3 is 6.03 Å². The molecular formula is C15H22FN3OS. The number of rotatable bonds is 5. The first-order valence-electron chi connectivity index (χ1n) is 7.18. The van der Waals surface area contributed by atoms with Crippen LogP contribution in [0.2, 0.25) is 0 Å². The van der Waals surface area contributed by atoms with Crippen molar-refractivity contribution >= 4 is 17.8 Å². The fourth-order valence-corrected chi connectivity index (χ4v) is 3.12. The molecule has 1 aromatic rings. The van der Waals surface area contributed by atoms with E-state index in [4.69, 9.17) is 0 Å². The molecule has 2 amide bonds. The van der Waals surface area contributed by atoms with E-state index in [0.29, 0.717) is 6.54 Å². The van der Waals surface area contributed by atoms with Gasteiger partial charge in [0.2, 0.25) is 0 Å². The van der Waals surface area contributed by atoms with Gasteiger partial charge in [-0.3, -0.25) is 0 Å². The third-order valence-electron chi connectivity index (χ3n) is 3.43. The molecule has 0 bridgehead atoms. The van der Waals surface area contributed by atoms with Crippen molar-refractivity contribution in [1.82, 2.24) is 15.1 Å². The minimum atomic E-state index is -0.214. The Balaban J connectivity index is 1.65. The maximum atomic E-state index is 12.8.